The number of aromatic nitrogens is 2. The van der Waals surface area contributed by atoms with Gasteiger partial charge in [-0.25, -0.2) is 9.97 Å². The lowest BCUT2D eigenvalue weighted by Gasteiger charge is -2.11. The van der Waals surface area contributed by atoms with Crippen LogP contribution in [-0.2, 0) is 0 Å². The van der Waals surface area contributed by atoms with Gasteiger partial charge in [-0.3, -0.25) is 0 Å². The number of hydrogen-bond acceptors (Lipinski definition) is 4. The van der Waals surface area contributed by atoms with E-state index in [0.29, 0.717) is 11.9 Å². The molecule has 1 rings (SSSR count). The molecule has 0 aliphatic heterocycles. The van der Waals surface area contributed by atoms with Crippen molar-refractivity contribution in [2.24, 2.45) is 0 Å². The lowest BCUT2D eigenvalue weighted by molar-refractivity contribution is 0.397. The van der Waals surface area contributed by atoms with Gasteiger partial charge >= 0.3 is 0 Å². The van der Waals surface area contributed by atoms with Gasteiger partial charge in [0.05, 0.1) is 7.11 Å². The van der Waals surface area contributed by atoms with Crippen molar-refractivity contribution >= 4 is 5.82 Å². The summed E-state index contributed by atoms with van der Waals surface area (Å²) in [6.45, 7) is 4.23. The third-order valence-corrected chi connectivity index (χ3v) is 1.86. The Kier molecular flexibility index (Phi) is 3.49. The first-order valence-electron chi connectivity index (χ1n) is 4.38. The molecule has 0 aromatic carbocycles. The van der Waals surface area contributed by atoms with Crippen LogP contribution >= 0.6 is 0 Å². The third kappa shape index (κ3) is 2.89. The van der Waals surface area contributed by atoms with Gasteiger partial charge in [-0.2, -0.15) is 0 Å². The first kappa shape index (κ1) is 9.77. The van der Waals surface area contributed by atoms with E-state index in [9.17, 15) is 0 Å². The molecule has 0 aliphatic carbocycles. The second kappa shape index (κ2) is 4.64. The summed E-state index contributed by atoms with van der Waals surface area (Å²) in [5.41, 5.74) is 0. The Balaban J connectivity index is 2.66. The van der Waals surface area contributed by atoms with Crippen LogP contribution in [0, 0.1) is 0 Å². The van der Waals surface area contributed by atoms with Gasteiger partial charge < -0.3 is 10.1 Å². The van der Waals surface area contributed by atoms with E-state index in [1.807, 2.05) is 0 Å². The summed E-state index contributed by atoms with van der Waals surface area (Å²) in [4.78, 5) is 7.99. The molecule has 1 unspecified atom stereocenters. The van der Waals surface area contributed by atoms with Crippen LogP contribution in [0.2, 0.25) is 0 Å². The highest BCUT2D eigenvalue weighted by molar-refractivity contribution is 5.37. The topological polar surface area (TPSA) is 47.0 Å². The van der Waals surface area contributed by atoms with E-state index in [4.69, 9.17) is 4.74 Å². The van der Waals surface area contributed by atoms with E-state index in [1.165, 1.54) is 6.33 Å². The predicted molar refractivity (Wildman–Crippen MR) is 52.0 cm³/mol. The molecule has 0 saturated heterocycles. The Bertz CT molecular complexity index is 265. The summed E-state index contributed by atoms with van der Waals surface area (Å²) in [7, 11) is 1.59. The Labute approximate surface area is 78.4 Å². The van der Waals surface area contributed by atoms with Gasteiger partial charge in [-0.1, -0.05) is 6.92 Å². The van der Waals surface area contributed by atoms with Crippen LogP contribution in [-0.4, -0.2) is 23.1 Å². The van der Waals surface area contributed by atoms with Gasteiger partial charge in [-0.05, 0) is 13.3 Å². The summed E-state index contributed by atoms with van der Waals surface area (Å²) in [5, 5.41) is 3.24. The van der Waals surface area contributed by atoms with Crippen LogP contribution in [0.1, 0.15) is 20.3 Å². The van der Waals surface area contributed by atoms with Gasteiger partial charge in [0.2, 0.25) is 5.88 Å². The minimum Gasteiger partial charge on any atom is -0.481 e. The van der Waals surface area contributed by atoms with Crippen LogP contribution in [0.3, 0.4) is 0 Å². The zero-order valence-corrected chi connectivity index (χ0v) is 8.24. The number of rotatable bonds is 4. The summed E-state index contributed by atoms with van der Waals surface area (Å²) in [5.74, 6) is 1.39. The minimum atomic E-state index is 0.416. The van der Waals surface area contributed by atoms with Gasteiger partial charge in [0.1, 0.15) is 12.1 Å². The van der Waals surface area contributed by atoms with Crippen molar-refractivity contribution in [2.75, 3.05) is 12.4 Å². The number of hydrogen-bond donors (Lipinski definition) is 1. The second-order valence-corrected chi connectivity index (χ2v) is 2.90. The quantitative estimate of drug-likeness (QED) is 0.768. The zero-order valence-electron chi connectivity index (χ0n) is 8.24. The van der Waals surface area contributed by atoms with Crippen molar-refractivity contribution in [2.45, 2.75) is 26.3 Å². The Morgan fingerprint density at radius 3 is 2.92 bits per heavy atom. The monoisotopic (exact) mass is 181 g/mol. The maximum atomic E-state index is 4.98. The summed E-state index contributed by atoms with van der Waals surface area (Å²) in [6.07, 6.45) is 2.55. The van der Waals surface area contributed by atoms with Crippen LogP contribution in [0.4, 0.5) is 5.82 Å². The molecule has 4 heteroatoms. The molecule has 1 atom stereocenters. The van der Waals surface area contributed by atoms with Crippen LogP contribution in [0.25, 0.3) is 0 Å². The molecule has 1 aromatic heterocycles. The zero-order chi connectivity index (χ0) is 9.68. The largest absolute Gasteiger partial charge is 0.481 e. The second-order valence-electron chi connectivity index (χ2n) is 2.90. The fourth-order valence-corrected chi connectivity index (χ4v) is 0.885. The van der Waals surface area contributed by atoms with Crippen molar-refractivity contribution in [1.29, 1.82) is 0 Å². The lowest BCUT2D eigenvalue weighted by Crippen LogP contribution is -2.14. The van der Waals surface area contributed by atoms with Gasteiger partial charge in [0.15, 0.2) is 0 Å². The molecule has 0 aliphatic rings. The molecule has 0 radical (unpaired) electrons. The fourth-order valence-electron chi connectivity index (χ4n) is 0.885. The first-order chi connectivity index (χ1) is 6.26. The first-order valence-corrected chi connectivity index (χ1v) is 4.38. The van der Waals surface area contributed by atoms with E-state index in [-0.39, 0.29) is 0 Å². The maximum absolute atomic E-state index is 4.98. The number of anilines is 1. The molecule has 4 nitrogen and oxygen atoms in total. The molecule has 1 heterocycles. The van der Waals surface area contributed by atoms with Gasteiger partial charge in [-0.15, -0.1) is 0 Å². The standard InChI is InChI=1S/C9H15N3O/c1-4-7(2)12-8-5-9(13-3)11-6-10-8/h5-7H,4H2,1-3H3,(H,10,11,12). The smallest absolute Gasteiger partial charge is 0.218 e. The number of nitrogens with one attached hydrogen (secondary N) is 1. The molecule has 1 N–H and O–H groups in total. The summed E-state index contributed by atoms with van der Waals surface area (Å²) < 4.78 is 4.98. The van der Waals surface area contributed by atoms with Crippen molar-refractivity contribution < 1.29 is 4.74 Å². The molecule has 72 valence electrons. The normalized spacial score (nSPS) is 12.2. The van der Waals surface area contributed by atoms with E-state index in [1.54, 1.807) is 13.2 Å². The number of ether oxygens (including phenoxy) is 1. The molecule has 13 heavy (non-hydrogen) atoms. The number of nitrogens with zero attached hydrogens (tertiary/aromatic N) is 2. The lowest BCUT2D eigenvalue weighted by atomic mass is 10.2. The maximum Gasteiger partial charge on any atom is 0.218 e. The Morgan fingerprint density at radius 1 is 1.54 bits per heavy atom. The average molecular weight is 181 g/mol. The van der Waals surface area contributed by atoms with Crippen LogP contribution in [0.5, 0.6) is 5.88 Å². The Hall–Kier alpha value is -1.32. The van der Waals surface area contributed by atoms with E-state index >= 15 is 0 Å². The predicted octanol–water partition coefficient (Wildman–Crippen LogP) is 1.70. The van der Waals surface area contributed by atoms with Crippen LogP contribution < -0.4 is 10.1 Å². The van der Waals surface area contributed by atoms with E-state index < -0.39 is 0 Å². The number of methoxy groups -OCH3 is 1. The molecule has 0 bridgehead atoms. The molecular weight excluding hydrogens is 166 g/mol. The highest BCUT2D eigenvalue weighted by Crippen LogP contribution is 2.11. The van der Waals surface area contributed by atoms with Crippen molar-refractivity contribution in [3.8, 4) is 5.88 Å². The molecule has 1 aromatic rings. The van der Waals surface area contributed by atoms with E-state index in [2.05, 4.69) is 29.1 Å². The van der Waals surface area contributed by atoms with Gasteiger partial charge in [0.25, 0.3) is 0 Å². The summed E-state index contributed by atoms with van der Waals surface area (Å²) >= 11 is 0. The molecular formula is C9H15N3O. The summed E-state index contributed by atoms with van der Waals surface area (Å²) in [6, 6.07) is 2.20. The molecule has 0 amide bonds. The Morgan fingerprint density at radius 2 is 2.31 bits per heavy atom. The average Bonchev–Trinajstić information content (AvgIpc) is 2.18. The highest BCUT2D eigenvalue weighted by Gasteiger charge is 2.01. The fraction of sp³-hybridized carbons (Fsp3) is 0.556. The highest BCUT2D eigenvalue weighted by atomic mass is 16.5. The van der Waals surface area contributed by atoms with Gasteiger partial charge in [0, 0.05) is 12.1 Å². The van der Waals surface area contributed by atoms with Crippen molar-refractivity contribution in [3.05, 3.63) is 12.4 Å². The minimum absolute atomic E-state index is 0.416. The van der Waals surface area contributed by atoms with E-state index in [0.717, 1.165) is 12.2 Å². The third-order valence-electron chi connectivity index (χ3n) is 1.86. The van der Waals surface area contributed by atoms with Crippen molar-refractivity contribution in [3.63, 3.8) is 0 Å². The molecule has 0 saturated carbocycles. The van der Waals surface area contributed by atoms with Crippen molar-refractivity contribution in [1.82, 2.24) is 9.97 Å². The van der Waals surface area contributed by atoms with Crippen LogP contribution in [0.15, 0.2) is 12.4 Å². The molecule has 0 fully saturated rings. The SMILES string of the molecule is CCC(C)Nc1cc(OC)ncn1. The molecule has 0 spiro atoms.